The number of carbonyl (C=O) groups is 1. The van der Waals surface area contributed by atoms with Crippen LogP contribution in [0.25, 0.3) is 0 Å². The molecular weight excluding hydrogens is 261 g/mol. The van der Waals surface area contributed by atoms with Crippen molar-refractivity contribution in [3.05, 3.63) is 29.6 Å². The second kappa shape index (κ2) is 5.79. The van der Waals surface area contributed by atoms with Crippen LogP contribution in [0.1, 0.15) is 43.0 Å². The molecular formula is C15H20FNO3. The normalized spacial score (nSPS) is 26.2. The Hall–Kier alpha value is -1.62. The smallest absolute Gasteiger partial charge is 0.255 e. The van der Waals surface area contributed by atoms with Crippen LogP contribution in [-0.2, 0) is 0 Å². The maximum absolute atomic E-state index is 12.9. The number of nitrogens with one attached hydrogen (secondary N) is 1. The van der Waals surface area contributed by atoms with Crippen molar-refractivity contribution in [3.63, 3.8) is 0 Å². The molecule has 4 nitrogen and oxygen atoms in total. The van der Waals surface area contributed by atoms with Gasteiger partial charge < -0.3 is 15.5 Å². The Bertz CT molecular complexity index is 496. The van der Waals surface area contributed by atoms with Gasteiger partial charge in [0.25, 0.3) is 5.91 Å². The predicted octanol–water partition coefficient (Wildman–Crippen LogP) is 2.20. The lowest BCUT2D eigenvalue weighted by Crippen LogP contribution is -2.45. The van der Waals surface area contributed by atoms with E-state index in [2.05, 4.69) is 12.2 Å². The maximum Gasteiger partial charge on any atom is 0.255 e. The molecule has 0 heterocycles. The monoisotopic (exact) mass is 281 g/mol. The van der Waals surface area contributed by atoms with Gasteiger partial charge in [0, 0.05) is 12.6 Å². The summed E-state index contributed by atoms with van der Waals surface area (Å²) < 4.78 is 12.9. The fourth-order valence-electron chi connectivity index (χ4n) is 2.51. The molecule has 0 aliphatic heterocycles. The zero-order valence-corrected chi connectivity index (χ0v) is 11.5. The van der Waals surface area contributed by atoms with Crippen molar-refractivity contribution in [2.24, 2.45) is 5.92 Å². The van der Waals surface area contributed by atoms with Crippen LogP contribution in [0, 0.1) is 11.7 Å². The maximum atomic E-state index is 12.9. The van der Waals surface area contributed by atoms with Gasteiger partial charge in [0.05, 0.1) is 11.2 Å². The third-order valence-electron chi connectivity index (χ3n) is 3.99. The summed E-state index contributed by atoms with van der Waals surface area (Å²) in [6.07, 6.45) is 3.19. The molecule has 0 atom stereocenters. The summed E-state index contributed by atoms with van der Waals surface area (Å²) in [6, 6.07) is 3.24. The summed E-state index contributed by atoms with van der Waals surface area (Å²) in [4.78, 5) is 11.9. The number of aliphatic hydroxyl groups is 1. The first-order chi connectivity index (χ1) is 9.39. The molecule has 1 aromatic rings. The minimum absolute atomic E-state index is 0.0131. The topological polar surface area (TPSA) is 69.6 Å². The Morgan fingerprint density at radius 2 is 2.10 bits per heavy atom. The van der Waals surface area contributed by atoms with Gasteiger partial charge in [-0.2, -0.15) is 0 Å². The van der Waals surface area contributed by atoms with Crippen molar-refractivity contribution in [2.45, 2.75) is 38.2 Å². The third kappa shape index (κ3) is 3.48. The van der Waals surface area contributed by atoms with Crippen LogP contribution in [0.15, 0.2) is 18.2 Å². The van der Waals surface area contributed by atoms with Crippen LogP contribution in [-0.4, -0.2) is 28.3 Å². The Balaban J connectivity index is 1.95. The fourth-order valence-corrected chi connectivity index (χ4v) is 2.51. The predicted molar refractivity (Wildman–Crippen MR) is 73.0 cm³/mol. The fraction of sp³-hybridized carbons (Fsp3) is 0.533. The molecule has 0 saturated heterocycles. The standard InChI is InChI=1S/C15H20FNO3/c1-10-4-6-15(20,7-5-10)9-17-14(19)12-3-2-11(16)8-13(12)18/h2-3,8,10,18,20H,4-7,9H2,1H3,(H,17,19). The highest BCUT2D eigenvalue weighted by atomic mass is 19.1. The Morgan fingerprint density at radius 3 is 2.70 bits per heavy atom. The lowest BCUT2D eigenvalue weighted by Gasteiger charge is -2.34. The van der Waals surface area contributed by atoms with Gasteiger partial charge in [-0.05, 0) is 43.7 Å². The van der Waals surface area contributed by atoms with Crippen LogP contribution >= 0.6 is 0 Å². The van der Waals surface area contributed by atoms with Crippen molar-refractivity contribution >= 4 is 5.91 Å². The summed E-state index contributed by atoms with van der Waals surface area (Å²) in [7, 11) is 0. The zero-order valence-electron chi connectivity index (χ0n) is 11.5. The molecule has 1 fully saturated rings. The highest BCUT2D eigenvalue weighted by Gasteiger charge is 2.32. The van der Waals surface area contributed by atoms with Crippen LogP contribution < -0.4 is 5.32 Å². The molecule has 0 radical (unpaired) electrons. The number of aromatic hydroxyl groups is 1. The largest absolute Gasteiger partial charge is 0.507 e. The van der Waals surface area contributed by atoms with E-state index in [1.165, 1.54) is 6.07 Å². The van der Waals surface area contributed by atoms with Gasteiger partial charge in [-0.15, -0.1) is 0 Å². The number of halogens is 1. The van der Waals surface area contributed by atoms with Crippen molar-refractivity contribution in [3.8, 4) is 5.75 Å². The van der Waals surface area contributed by atoms with Crippen LogP contribution in [0.3, 0.4) is 0 Å². The van der Waals surface area contributed by atoms with Crippen LogP contribution in [0.2, 0.25) is 0 Å². The molecule has 1 saturated carbocycles. The molecule has 3 N–H and O–H groups in total. The van der Waals surface area contributed by atoms with Gasteiger partial charge in [0.15, 0.2) is 0 Å². The van der Waals surface area contributed by atoms with E-state index in [-0.39, 0.29) is 12.1 Å². The number of benzene rings is 1. The Morgan fingerprint density at radius 1 is 1.45 bits per heavy atom. The van der Waals surface area contributed by atoms with Gasteiger partial charge in [0.2, 0.25) is 0 Å². The van der Waals surface area contributed by atoms with E-state index < -0.39 is 23.1 Å². The van der Waals surface area contributed by atoms with E-state index in [0.717, 1.165) is 25.0 Å². The summed E-state index contributed by atoms with van der Waals surface area (Å²) >= 11 is 0. The van der Waals surface area contributed by atoms with E-state index in [0.29, 0.717) is 18.8 Å². The highest BCUT2D eigenvalue weighted by Crippen LogP contribution is 2.31. The van der Waals surface area contributed by atoms with Crippen molar-refractivity contribution < 1.29 is 19.4 Å². The zero-order chi connectivity index (χ0) is 14.8. The van der Waals surface area contributed by atoms with Gasteiger partial charge in [0.1, 0.15) is 11.6 Å². The summed E-state index contributed by atoms with van der Waals surface area (Å²) in [5.41, 5.74) is -0.864. The average Bonchev–Trinajstić information content (AvgIpc) is 2.40. The van der Waals surface area contributed by atoms with Crippen LogP contribution in [0.4, 0.5) is 4.39 Å². The van der Waals surface area contributed by atoms with Crippen molar-refractivity contribution in [1.29, 1.82) is 0 Å². The molecule has 1 amide bonds. The first-order valence-electron chi connectivity index (χ1n) is 6.89. The first-order valence-corrected chi connectivity index (χ1v) is 6.89. The van der Waals surface area contributed by atoms with E-state index in [1.54, 1.807) is 0 Å². The summed E-state index contributed by atoms with van der Waals surface area (Å²) in [5.74, 6) is -0.896. The molecule has 110 valence electrons. The molecule has 2 rings (SSSR count). The molecule has 1 aromatic carbocycles. The van der Waals surface area contributed by atoms with E-state index in [1.807, 2.05) is 0 Å². The molecule has 1 aliphatic rings. The SMILES string of the molecule is CC1CCC(O)(CNC(=O)c2ccc(F)cc2O)CC1. The van der Waals surface area contributed by atoms with Crippen LogP contribution in [0.5, 0.6) is 5.75 Å². The van der Waals surface area contributed by atoms with Crippen molar-refractivity contribution in [2.75, 3.05) is 6.54 Å². The second-order valence-corrected chi connectivity index (χ2v) is 5.75. The number of hydrogen-bond donors (Lipinski definition) is 3. The number of rotatable bonds is 3. The third-order valence-corrected chi connectivity index (χ3v) is 3.99. The second-order valence-electron chi connectivity index (χ2n) is 5.75. The Labute approximate surface area is 117 Å². The summed E-state index contributed by atoms with van der Waals surface area (Å²) in [6.45, 7) is 2.30. The molecule has 1 aliphatic carbocycles. The highest BCUT2D eigenvalue weighted by molar-refractivity contribution is 5.96. The van der Waals surface area contributed by atoms with E-state index >= 15 is 0 Å². The van der Waals surface area contributed by atoms with Gasteiger partial charge >= 0.3 is 0 Å². The van der Waals surface area contributed by atoms with Gasteiger partial charge in [-0.25, -0.2) is 4.39 Å². The number of phenolic OH excluding ortho intramolecular Hbond substituents is 1. The van der Waals surface area contributed by atoms with Gasteiger partial charge in [-0.3, -0.25) is 4.79 Å². The number of amides is 1. The minimum Gasteiger partial charge on any atom is -0.507 e. The first kappa shape index (κ1) is 14.8. The van der Waals surface area contributed by atoms with E-state index in [4.69, 9.17) is 0 Å². The lowest BCUT2D eigenvalue weighted by atomic mass is 9.79. The minimum atomic E-state index is -0.877. The molecule has 0 aromatic heterocycles. The van der Waals surface area contributed by atoms with E-state index in [9.17, 15) is 19.4 Å². The number of phenols is 1. The summed E-state index contributed by atoms with van der Waals surface area (Å²) in [5, 5.41) is 22.5. The molecule has 0 unspecified atom stereocenters. The Kier molecular flexibility index (Phi) is 4.28. The lowest BCUT2D eigenvalue weighted by molar-refractivity contribution is -0.00542. The molecule has 20 heavy (non-hydrogen) atoms. The molecule has 0 spiro atoms. The number of carbonyl (C=O) groups excluding carboxylic acids is 1. The quantitative estimate of drug-likeness (QED) is 0.795. The number of hydrogen-bond acceptors (Lipinski definition) is 3. The molecule has 5 heteroatoms. The average molecular weight is 281 g/mol. The molecule has 0 bridgehead atoms. The van der Waals surface area contributed by atoms with Crippen molar-refractivity contribution in [1.82, 2.24) is 5.32 Å². The van der Waals surface area contributed by atoms with Gasteiger partial charge in [-0.1, -0.05) is 6.92 Å².